The van der Waals surface area contributed by atoms with Gasteiger partial charge in [-0.05, 0) is 13.8 Å². The molecule has 20 heavy (non-hydrogen) atoms. The summed E-state index contributed by atoms with van der Waals surface area (Å²) in [7, 11) is 0. The smallest absolute Gasteiger partial charge is 0.305 e. The second kappa shape index (κ2) is 11.6. The number of carboxylic acid groups (broad SMARTS) is 1. The average Bonchev–Trinajstić information content (AvgIpc) is 2.38. The molecule has 1 amide bonds. The molecule has 0 aliphatic carbocycles. The molecule has 1 unspecified atom stereocenters. The van der Waals surface area contributed by atoms with Crippen molar-refractivity contribution in [1.82, 2.24) is 5.32 Å². The molecule has 0 saturated heterocycles. The quantitative estimate of drug-likeness (QED) is 0.500. The fraction of sp³-hybridized carbons (Fsp3) is 0.846. The van der Waals surface area contributed by atoms with Crippen LogP contribution in [-0.2, 0) is 14.3 Å². The van der Waals surface area contributed by atoms with Crippen molar-refractivity contribution < 1.29 is 29.6 Å². The predicted molar refractivity (Wildman–Crippen MR) is 74.3 cm³/mol. The number of hydrogen-bond donors (Lipinski definition) is 4. The van der Waals surface area contributed by atoms with Gasteiger partial charge in [0.25, 0.3) is 0 Å². The zero-order valence-electron chi connectivity index (χ0n) is 12.7. The third-order valence-corrected chi connectivity index (χ3v) is 2.44. The van der Waals surface area contributed by atoms with Gasteiger partial charge in [0.1, 0.15) is 6.10 Å². The Bertz CT molecular complexity index is 278. The zero-order chi connectivity index (χ0) is 16.2. The van der Waals surface area contributed by atoms with Gasteiger partial charge in [0.2, 0.25) is 5.91 Å². The molecular formula is C13H27NO6. The molecule has 7 nitrogen and oxygen atoms in total. The second-order valence-corrected chi connectivity index (χ2v) is 4.77. The SMILES string of the molecule is CC(C)(CO)C(O)C(=O)NCCC(=O)O.CCOCC. The lowest BCUT2D eigenvalue weighted by Crippen LogP contribution is -2.45. The normalized spacial score (nSPS) is 12.1. The molecule has 0 aliphatic rings. The van der Waals surface area contributed by atoms with E-state index in [1.807, 2.05) is 13.8 Å². The molecule has 4 N–H and O–H groups in total. The molecule has 0 bridgehead atoms. The largest absolute Gasteiger partial charge is 0.481 e. The van der Waals surface area contributed by atoms with Gasteiger partial charge in [-0.1, -0.05) is 13.8 Å². The van der Waals surface area contributed by atoms with E-state index >= 15 is 0 Å². The van der Waals surface area contributed by atoms with Crippen molar-refractivity contribution in [2.45, 2.75) is 40.2 Å². The molecule has 0 rings (SSSR count). The second-order valence-electron chi connectivity index (χ2n) is 4.77. The van der Waals surface area contributed by atoms with Crippen LogP contribution >= 0.6 is 0 Å². The first-order valence-electron chi connectivity index (χ1n) is 6.59. The molecule has 7 heteroatoms. The Balaban J connectivity index is 0. The summed E-state index contributed by atoms with van der Waals surface area (Å²) < 4.78 is 4.83. The van der Waals surface area contributed by atoms with E-state index in [1.54, 1.807) is 0 Å². The van der Waals surface area contributed by atoms with Crippen LogP contribution in [0.1, 0.15) is 34.1 Å². The average molecular weight is 293 g/mol. The van der Waals surface area contributed by atoms with Gasteiger partial charge in [-0.3, -0.25) is 9.59 Å². The number of carbonyl (C=O) groups is 2. The van der Waals surface area contributed by atoms with Gasteiger partial charge >= 0.3 is 5.97 Å². The standard InChI is InChI=1S/C9H17NO5.C4H10O/c1-9(2,5-11)7(14)8(15)10-4-3-6(12)13;1-3-5-4-2/h7,11,14H,3-5H2,1-2H3,(H,10,15)(H,12,13);3-4H2,1-2H3. The lowest BCUT2D eigenvalue weighted by molar-refractivity contribution is -0.138. The Kier molecular flexibility index (Phi) is 12.3. The molecule has 0 aromatic heterocycles. The van der Waals surface area contributed by atoms with Crippen molar-refractivity contribution >= 4 is 11.9 Å². The van der Waals surface area contributed by atoms with Crippen LogP contribution in [0.5, 0.6) is 0 Å². The van der Waals surface area contributed by atoms with E-state index in [2.05, 4.69) is 5.32 Å². The van der Waals surface area contributed by atoms with Crippen molar-refractivity contribution in [2.75, 3.05) is 26.4 Å². The molecule has 1 atom stereocenters. The summed E-state index contributed by atoms with van der Waals surface area (Å²) in [4.78, 5) is 21.4. The Morgan fingerprint density at radius 2 is 1.75 bits per heavy atom. The lowest BCUT2D eigenvalue weighted by Gasteiger charge is -2.26. The number of rotatable bonds is 8. The highest BCUT2D eigenvalue weighted by molar-refractivity contribution is 5.81. The Hall–Kier alpha value is -1.18. The number of aliphatic carboxylic acids is 1. The number of amides is 1. The first-order chi connectivity index (χ1) is 9.22. The number of hydrogen-bond acceptors (Lipinski definition) is 5. The zero-order valence-corrected chi connectivity index (χ0v) is 12.7. The molecule has 120 valence electrons. The monoisotopic (exact) mass is 293 g/mol. The minimum Gasteiger partial charge on any atom is -0.481 e. The van der Waals surface area contributed by atoms with Gasteiger partial charge in [0, 0.05) is 25.2 Å². The molecular weight excluding hydrogens is 266 g/mol. The van der Waals surface area contributed by atoms with Crippen LogP contribution in [0.25, 0.3) is 0 Å². The number of aliphatic hydroxyl groups is 2. The highest BCUT2D eigenvalue weighted by Crippen LogP contribution is 2.19. The number of carbonyl (C=O) groups excluding carboxylic acids is 1. The fourth-order valence-electron chi connectivity index (χ4n) is 1.03. The molecule has 0 saturated carbocycles. The van der Waals surface area contributed by atoms with Gasteiger partial charge < -0.3 is 25.4 Å². The fourth-order valence-corrected chi connectivity index (χ4v) is 1.03. The number of carboxylic acids is 1. The minimum absolute atomic E-state index is 0.0350. The van der Waals surface area contributed by atoms with Crippen molar-refractivity contribution in [3.63, 3.8) is 0 Å². The molecule has 0 aromatic rings. The van der Waals surface area contributed by atoms with Gasteiger partial charge in [-0.2, -0.15) is 0 Å². The number of ether oxygens (including phenoxy) is 1. The van der Waals surface area contributed by atoms with Crippen molar-refractivity contribution in [2.24, 2.45) is 5.41 Å². The van der Waals surface area contributed by atoms with E-state index < -0.39 is 23.4 Å². The Morgan fingerprint density at radius 3 is 2.05 bits per heavy atom. The molecule has 0 spiro atoms. The highest BCUT2D eigenvalue weighted by atomic mass is 16.5. The highest BCUT2D eigenvalue weighted by Gasteiger charge is 2.32. The van der Waals surface area contributed by atoms with E-state index in [0.717, 1.165) is 13.2 Å². The summed E-state index contributed by atoms with van der Waals surface area (Å²) in [6.45, 7) is 8.37. The summed E-state index contributed by atoms with van der Waals surface area (Å²) in [5.41, 5.74) is -0.937. The Labute approximate surface area is 119 Å². The van der Waals surface area contributed by atoms with E-state index in [-0.39, 0.29) is 19.6 Å². The van der Waals surface area contributed by atoms with Crippen LogP contribution < -0.4 is 5.32 Å². The lowest BCUT2D eigenvalue weighted by atomic mass is 9.87. The maximum atomic E-state index is 11.3. The van der Waals surface area contributed by atoms with Gasteiger partial charge in [0.05, 0.1) is 13.0 Å². The maximum Gasteiger partial charge on any atom is 0.305 e. The van der Waals surface area contributed by atoms with Gasteiger partial charge in [0.15, 0.2) is 0 Å². The topological polar surface area (TPSA) is 116 Å². The van der Waals surface area contributed by atoms with Crippen molar-refractivity contribution in [3.05, 3.63) is 0 Å². The summed E-state index contributed by atoms with van der Waals surface area (Å²) in [5.74, 6) is -1.69. The van der Waals surface area contributed by atoms with E-state index in [4.69, 9.17) is 14.9 Å². The summed E-state index contributed by atoms with van der Waals surface area (Å²) >= 11 is 0. The summed E-state index contributed by atoms with van der Waals surface area (Å²) in [6.07, 6.45) is -1.55. The molecule has 0 radical (unpaired) electrons. The third kappa shape index (κ3) is 10.7. The van der Waals surface area contributed by atoms with Gasteiger partial charge in [-0.15, -0.1) is 0 Å². The summed E-state index contributed by atoms with van der Waals surface area (Å²) in [6, 6.07) is 0. The van der Waals surface area contributed by atoms with Crippen LogP contribution in [0.15, 0.2) is 0 Å². The third-order valence-electron chi connectivity index (χ3n) is 2.44. The van der Waals surface area contributed by atoms with Crippen molar-refractivity contribution in [3.8, 4) is 0 Å². The van der Waals surface area contributed by atoms with Crippen molar-refractivity contribution in [1.29, 1.82) is 0 Å². The summed E-state index contributed by atoms with van der Waals surface area (Å²) in [5, 5.41) is 29.0. The van der Waals surface area contributed by atoms with E-state index in [9.17, 15) is 14.7 Å². The van der Waals surface area contributed by atoms with Crippen LogP contribution in [0.4, 0.5) is 0 Å². The minimum atomic E-state index is -1.35. The number of aliphatic hydroxyl groups excluding tert-OH is 2. The van der Waals surface area contributed by atoms with Crippen LogP contribution in [0.3, 0.4) is 0 Å². The number of nitrogens with one attached hydrogen (secondary N) is 1. The van der Waals surface area contributed by atoms with E-state index in [0.29, 0.717) is 0 Å². The molecule has 0 heterocycles. The van der Waals surface area contributed by atoms with Crippen LogP contribution in [0.2, 0.25) is 0 Å². The molecule has 0 aromatic carbocycles. The van der Waals surface area contributed by atoms with Gasteiger partial charge in [-0.25, -0.2) is 0 Å². The molecule has 0 aliphatic heterocycles. The van der Waals surface area contributed by atoms with E-state index in [1.165, 1.54) is 13.8 Å². The Morgan fingerprint density at radius 1 is 1.25 bits per heavy atom. The maximum absolute atomic E-state index is 11.3. The first-order valence-corrected chi connectivity index (χ1v) is 6.59. The first kappa shape index (κ1) is 21.1. The van der Waals surface area contributed by atoms with Crippen LogP contribution in [0, 0.1) is 5.41 Å². The molecule has 0 fully saturated rings. The van der Waals surface area contributed by atoms with Crippen LogP contribution in [-0.4, -0.2) is 59.7 Å². The predicted octanol–water partition coefficient (Wildman–Crippen LogP) is -0.000500.